The molecule has 0 saturated heterocycles. The zero-order chi connectivity index (χ0) is 19.5. The second-order valence-electron chi connectivity index (χ2n) is 6.49. The summed E-state index contributed by atoms with van der Waals surface area (Å²) in [6.45, 7) is 5.10. The van der Waals surface area contributed by atoms with Crippen LogP contribution in [0.2, 0.25) is 0 Å². The van der Waals surface area contributed by atoms with Crippen LogP contribution in [0.5, 0.6) is 5.75 Å². The average molecular weight is 367 g/mol. The summed E-state index contributed by atoms with van der Waals surface area (Å²) in [7, 11) is 1.77. The number of amides is 1. The molecule has 1 aromatic carbocycles. The van der Waals surface area contributed by atoms with Gasteiger partial charge in [-0.05, 0) is 49.9 Å². The number of nitrogens with zero attached hydrogens (tertiary/aromatic N) is 2. The van der Waals surface area contributed by atoms with E-state index in [0.29, 0.717) is 18.8 Å². The quantitative estimate of drug-likeness (QED) is 0.538. The molecular formula is C22H29N3O2. The first-order valence-electron chi connectivity index (χ1n) is 9.56. The van der Waals surface area contributed by atoms with E-state index in [1.807, 2.05) is 31.2 Å². The molecule has 144 valence electrons. The summed E-state index contributed by atoms with van der Waals surface area (Å²) >= 11 is 0. The van der Waals surface area contributed by atoms with E-state index in [-0.39, 0.29) is 5.91 Å². The molecule has 0 atom stereocenters. The highest BCUT2D eigenvalue weighted by molar-refractivity contribution is 5.92. The molecule has 1 N–H and O–H groups in total. The van der Waals surface area contributed by atoms with E-state index in [0.717, 1.165) is 49.1 Å². The van der Waals surface area contributed by atoms with Gasteiger partial charge in [0.25, 0.3) is 5.91 Å². The summed E-state index contributed by atoms with van der Waals surface area (Å²) in [4.78, 5) is 12.3. The van der Waals surface area contributed by atoms with Crippen molar-refractivity contribution in [1.82, 2.24) is 15.1 Å². The molecule has 2 rings (SSSR count). The maximum Gasteiger partial charge on any atom is 0.269 e. The minimum absolute atomic E-state index is 0.129. The van der Waals surface area contributed by atoms with Crippen LogP contribution in [-0.2, 0) is 13.6 Å². The standard InChI is InChI=1S/C22H29N3O2/c1-4-5-6-7-8-9-10-14-27-20-13-11-12-19(16-20)17-23-22(26)21-15-18(2)24-25(21)3/h11-13,15-16H,4,7-10,14,17H2,1-3H3,(H,23,26). The first kappa shape index (κ1) is 20.6. The van der Waals surface area contributed by atoms with Gasteiger partial charge in [-0.2, -0.15) is 5.10 Å². The molecule has 0 bridgehead atoms. The Morgan fingerprint density at radius 2 is 2.07 bits per heavy atom. The number of hydrogen-bond donors (Lipinski definition) is 1. The fourth-order valence-corrected chi connectivity index (χ4v) is 2.74. The van der Waals surface area contributed by atoms with Gasteiger partial charge in [0.2, 0.25) is 0 Å². The number of aromatic nitrogens is 2. The number of ether oxygens (including phenoxy) is 1. The highest BCUT2D eigenvalue weighted by Gasteiger charge is 2.11. The first-order chi connectivity index (χ1) is 13.1. The number of unbranched alkanes of at least 4 members (excludes halogenated alkanes) is 3. The van der Waals surface area contributed by atoms with Crippen molar-refractivity contribution in [3.8, 4) is 17.6 Å². The van der Waals surface area contributed by atoms with Gasteiger partial charge in [0.05, 0.1) is 12.3 Å². The fraction of sp³-hybridized carbons (Fsp3) is 0.455. The van der Waals surface area contributed by atoms with E-state index < -0.39 is 0 Å². The Morgan fingerprint density at radius 1 is 1.22 bits per heavy atom. The molecule has 0 radical (unpaired) electrons. The second kappa shape index (κ2) is 11.1. The molecule has 2 aromatic rings. The van der Waals surface area contributed by atoms with Crippen molar-refractivity contribution in [2.75, 3.05) is 6.61 Å². The number of rotatable bonds is 9. The van der Waals surface area contributed by atoms with E-state index in [1.165, 1.54) is 0 Å². The molecule has 27 heavy (non-hydrogen) atoms. The van der Waals surface area contributed by atoms with Gasteiger partial charge in [-0.1, -0.05) is 19.1 Å². The highest BCUT2D eigenvalue weighted by Crippen LogP contribution is 2.14. The SMILES string of the molecule is CCC#CCCCCCOc1cccc(CNC(=O)c2cc(C)nn2C)c1. The molecule has 0 fully saturated rings. The molecule has 5 nitrogen and oxygen atoms in total. The maximum absolute atomic E-state index is 12.3. The molecule has 5 heteroatoms. The van der Waals surface area contributed by atoms with Crippen LogP contribution < -0.4 is 10.1 Å². The van der Waals surface area contributed by atoms with Gasteiger partial charge < -0.3 is 10.1 Å². The number of nitrogens with one attached hydrogen (secondary N) is 1. The topological polar surface area (TPSA) is 56.1 Å². The van der Waals surface area contributed by atoms with Crippen LogP contribution in [0.4, 0.5) is 0 Å². The molecule has 1 aromatic heterocycles. The molecule has 0 aliphatic rings. The lowest BCUT2D eigenvalue weighted by Crippen LogP contribution is -2.25. The third-order valence-electron chi connectivity index (χ3n) is 4.10. The van der Waals surface area contributed by atoms with Gasteiger partial charge in [0, 0.05) is 26.4 Å². The van der Waals surface area contributed by atoms with Crippen molar-refractivity contribution in [1.29, 1.82) is 0 Å². The monoisotopic (exact) mass is 367 g/mol. The predicted octanol–water partition coefficient (Wildman–Crippen LogP) is 4.01. The van der Waals surface area contributed by atoms with Crippen molar-refractivity contribution in [2.45, 2.75) is 52.5 Å². The van der Waals surface area contributed by atoms with Crippen molar-refractivity contribution in [3.05, 3.63) is 47.3 Å². The summed E-state index contributed by atoms with van der Waals surface area (Å²) in [5, 5.41) is 7.13. The molecule has 0 spiro atoms. The predicted molar refractivity (Wildman–Crippen MR) is 108 cm³/mol. The van der Waals surface area contributed by atoms with Crippen LogP contribution in [0.25, 0.3) is 0 Å². The van der Waals surface area contributed by atoms with Gasteiger partial charge in [0.15, 0.2) is 0 Å². The van der Waals surface area contributed by atoms with Crippen LogP contribution in [0, 0.1) is 18.8 Å². The number of aryl methyl sites for hydroxylation is 2. The number of carbonyl (C=O) groups excluding carboxylic acids is 1. The van der Waals surface area contributed by atoms with Gasteiger partial charge in [0.1, 0.15) is 11.4 Å². The summed E-state index contributed by atoms with van der Waals surface area (Å²) in [6.07, 6.45) is 5.17. The number of hydrogen-bond acceptors (Lipinski definition) is 3. The Hall–Kier alpha value is -2.74. The van der Waals surface area contributed by atoms with Gasteiger partial charge in [-0.25, -0.2) is 0 Å². The van der Waals surface area contributed by atoms with Crippen LogP contribution in [0.15, 0.2) is 30.3 Å². The van der Waals surface area contributed by atoms with E-state index in [4.69, 9.17) is 4.74 Å². The Bertz CT molecular complexity index is 799. The minimum Gasteiger partial charge on any atom is -0.494 e. The lowest BCUT2D eigenvalue weighted by Gasteiger charge is -2.09. The van der Waals surface area contributed by atoms with Crippen LogP contribution >= 0.6 is 0 Å². The van der Waals surface area contributed by atoms with Gasteiger partial charge in [-0.3, -0.25) is 9.48 Å². The summed E-state index contributed by atoms with van der Waals surface area (Å²) in [6, 6.07) is 9.63. The lowest BCUT2D eigenvalue weighted by atomic mass is 10.2. The van der Waals surface area contributed by atoms with Crippen LogP contribution in [0.3, 0.4) is 0 Å². The van der Waals surface area contributed by atoms with Crippen molar-refractivity contribution in [3.63, 3.8) is 0 Å². The third kappa shape index (κ3) is 7.18. The molecule has 0 aliphatic heterocycles. The lowest BCUT2D eigenvalue weighted by molar-refractivity contribution is 0.0941. The first-order valence-corrected chi connectivity index (χ1v) is 9.56. The number of benzene rings is 1. The Balaban J connectivity index is 1.73. The minimum atomic E-state index is -0.129. The maximum atomic E-state index is 12.3. The zero-order valence-electron chi connectivity index (χ0n) is 16.5. The molecular weight excluding hydrogens is 338 g/mol. The summed E-state index contributed by atoms with van der Waals surface area (Å²) in [5.74, 6) is 6.96. The molecule has 0 aliphatic carbocycles. The normalized spacial score (nSPS) is 10.2. The van der Waals surface area contributed by atoms with Crippen molar-refractivity contribution in [2.24, 2.45) is 7.05 Å². The molecule has 0 unspecified atom stereocenters. The van der Waals surface area contributed by atoms with E-state index in [9.17, 15) is 4.79 Å². The van der Waals surface area contributed by atoms with Crippen molar-refractivity contribution >= 4 is 5.91 Å². The van der Waals surface area contributed by atoms with Crippen molar-refractivity contribution < 1.29 is 9.53 Å². The van der Waals surface area contributed by atoms with Crippen LogP contribution in [-0.4, -0.2) is 22.3 Å². The van der Waals surface area contributed by atoms with E-state index in [2.05, 4.69) is 29.2 Å². The Labute approximate surface area is 162 Å². The third-order valence-corrected chi connectivity index (χ3v) is 4.10. The van der Waals surface area contributed by atoms with E-state index >= 15 is 0 Å². The number of carbonyl (C=O) groups is 1. The highest BCUT2D eigenvalue weighted by atomic mass is 16.5. The van der Waals surface area contributed by atoms with Crippen LogP contribution in [0.1, 0.15) is 60.8 Å². The summed E-state index contributed by atoms with van der Waals surface area (Å²) < 4.78 is 7.42. The molecule has 1 amide bonds. The average Bonchev–Trinajstić information content (AvgIpc) is 3.00. The largest absolute Gasteiger partial charge is 0.494 e. The Kier molecular flexibility index (Phi) is 8.44. The molecule has 0 saturated carbocycles. The smallest absolute Gasteiger partial charge is 0.269 e. The zero-order valence-corrected chi connectivity index (χ0v) is 16.5. The van der Waals surface area contributed by atoms with Gasteiger partial charge >= 0.3 is 0 Å². The fourth-order valence-electron chi connectivity index (χ4n) is 2.74. The summed E-state index contributed by atoms with van der Waals surface area (Å²) in [5.41, 5.74) is 2.40. The van der Waals surface area contributed by atoms with Gasteiger partial charge in [-0.15, -0.1) is 11.8 Å². The molecule has 1 heterocycles. The Morgan fingerprint density at radius 3 is 2.81 bits per heavy atom. The van der Waals surface area contributed by atoms with E-state index in [1.54, 1.807) is 17.8 Å². The second-order valence-corrected chi connectivity index (χ2v) is 6.49.